The van der Waals surface area contributed by atoms with Gasteiger partial charge < -0.3 is 35.6 Å². The van der Waals surface area contributed by atoms with Gasteiger partial charge in [-0.3, -0.25) is 25.3 Å². The van der Waals surface area contributed by atoms with Gasteiger partial charge in [-0.05, 0) is 18.4 Å². The molecule has 5 saturated heterocycles. The van der Waals surface area contributed by atoms with Gasteiger partial charge in [-0.25, -0.2) is 4.79 Å². The molecule has 5 aliphatic rings. The fourth-order valence-corrected chi connectivity index (χ4v) is 6.59. The van der Waals surface area contributed by atoms with Crippen LogP contribution in [0.3, 0.4) is 0 Å². The van der Waals surface area contributed by atoms with E-state index in [2.05, 4.69) is 28.1 Å². The highest BCUT2D eigenvalue weighted by Gasteiger charge is 2.67. The smallest absolute Gasteiger partial charge is 0.410 e. The number of aliphatic hydroxyl groups excluding tert-OH is 1. The van der Waals surface area contributed by atoms with Gasteiger partial charge in [0.15, 0.2) is 23.7 Å². The normalized spacial score (nSPS) is 34.4. The summed E-state index contributed by atoms with van der Waals surface area (Å²) in [5.41, 5.74) is -0.181. The lowest BCUT2D eigenvalue weighted by Crippen LogP contribution is -2.78. The zero-order valence-electron chi connectivity index (χ0n) is 20.9. The van der Waals surface area contributed by atoms with Crippen molar-refractivity contribution in [2.45, 2.75) is 61.6 Å². The van der Waals surface area contributed by atoms with E-state index in [9.17, 15) is 19.5 Å². The molecule has 6 N–H and O–H groups in total. The van der Waals surface area contributed by atoms with E-state index in [0.29, 0.717) is 13.1 Å². The molecular formula is C25H32N8O5. The Balaban J connectivity index is 1.19. The van der Waals surface area contributed by atoms with E-state index in [1.165, 1.54) is 5.56 Å². The Morgan fingerprint density at radius 3 is 2.58 bits per heavy atom. The molecule has 6 atom stereocenters. The van der Waals surface area contributed by atoms with Crippen LogP contribution in [-0.4, -0.2) is 106 Å². The molecule has 0 aliphatic carbocycles. The molecule has 5 fully saturated rings. The van der Waals surface area contributed by atoms with Crippen molar-refractivity contribution < 1.29 is 24.2 Å². The number of piperidine rings is 1. The van der Waals surface area contributed by atoms with Crippen molar-refractivity contribution in [1.82, 2.24) is 30.7 Å². The summed E-state index contributed by atoms with van der Waals surface area (Å²) in [6, 6.07) is 8.73. The van der Waals surface area contributed by atoms with E-state index < -0.39 is 36.0 Å². The SMILES string of the molecule is N=C1NC2C(CN3C(=O)CCC3=O)NC(=N)N3C[C@H](OC(=O)N4CCCC(c5ccccc5)C4)[C@@H](O)[C@]23N1. The Hall–Kier alpha value is -3.87. The molecule has 3 unspecified atom stereocenters. The molecule has 0 radical (unpaired) electrons. The second-order valence-corrected chi connectivity index (χ2v) is 10.6. The van der Waals surface area contributed by atoms with Gasteiger partial charge in [0.05, 0.1) is 25.2 Å². The van der Waals surface area contributed by atoms with Crippen LogP contribution in [0.15, 0.2) is 30.3 Å². The number of carbonyl (C=O) groups is 3. The highest BCUT2D eigenvalue weighted by atomic mass is 16.6. The first-order valence-electron chi connectivity index (χ1n) is 13.1. The maximum absolute atomic E-state index is 13.2. The number of benzene rings is 1. The van der Waals surface area contributed by atoms with Gasteiger partial charge in [-0.1, -0.05) is 30.3 Å². The average molecular weight is 525 g/mol. The molecule has 13 heteroatoms. The molecule has 5 aliphatic heterocycles. The standard InChI is InChI=1S/C25H32N8O5/c26-22-29-20-16(12-32-18(34)8-9-19(32)35)28-23(27)33-13-17(21(36)25(20,33)30-22)38-24(37)31-10-4-7-15(11-31)14-5-2-1-3-6-14/h1-3,5-6,15-17,20-21,36H,4,7-13H2,(H2,27,28)(H3,26,29,30)/t15?,16?,17-,20?,21+,25-/m0/s1. The van der Waals surface area contributed by atoms with E-state index in [1.54, 1.807) is 9.80 Å². The molecule has 1 spiro atoms. The Bertz CT molecular complexity index is 1160. The van der Waals surface area contributed by atoms with Crippen molar-refractivity contribution in [3.8, 4) is 0 Å². The van der Waals surface area contributed by atoms with Gasteiger partial charge in [0.1, 0.15) is 6.10 Å². The van der Waals surface area contributed by atoms with Gasteiger partial charge in [0, 0.05) is 31.8 Å². The minimum atomic E-state index is -1.35. The number of carbonyl (C=O) groups excluding carboxylic acids is 3. The molecule has 38 heavy (non-hydrogen) atoms. The van der Waals surface area contributed by atoms with Gasteiger partial charge in [0.2, 0.25) is 11.8 Å². The number of hydrogen-bond donors (Lipinski definition) is 6. The molecule has 0 aromatic heterocycles. The number of guanidine groups is 2. The fourth-order valence-electron chi connectivity index (χ4n) is 6.59. The largest absolute Gasteiger partial charge is 0.441 e. The zero-order chi connectivity index (χ0) is 26.6. The van der Waals surface area contributed by atoms with Crippen molar-refractivity contribution in [3.63, 3.8) is 0 Å². The minimum Gasteiger partial charge on any atom is -0.441 e. The molecule has 3 amide bonds. The molecule has 5 heterocycles. The molecule has 202 valence electrons. The number of ether oxygens (including phenoxy) is 1. The molecule has 13 nitrogen and oxygen atoms in total. The summed E-state index contributed by atoms with van der Waals surface area (Å²) >= 11 is 0. The van der Waals surface area contributed by atoms with Crippen molar-refractivity contribution in [2.24, 2.45) is 0 Å². The van der Waals surface area contributed by atoms with Crippen LogP contribution in [0.2, 0.25) is 0 Å². The molecule has 0 bridgehead atoms. The first kappa shape index (κ1) is 24.5. The van der Waals surface area contributed by atoms with Crippen LogP contribution in [0, 0.1) is 10.8 Å². The predicted molar refractivity (Wildman–Crippen MR) is 134 cm³/mol. The van der Waals surface area contributed by atoms with Crippen LogP contribution in [-0.2, 0) is 14.3 Å². The van der Waals surface area contributed by atoms with E-state index >= 15 is 0 Å². The second kappa shape index (κ2) is 9.15. The fraction of sp³-hybridized carbons (Fsp3) is 0.560. The summed E-state index contributed by atoms with van der Waals surface area (Å²) in [5.74, 6) is -0.470. The second-order valence-electron chi connectivity index (χ2n) is 10.6. The van der Waals surface area contributed by atoms with Crippen LogP contribution in [0.5, 0.6) is 0 Å². The summed E-state index contributed by atoms with van der Waals surface area (Å²) in [7, 11) is 0. The van der Waals surface area contributed by atoms with Crippen molar-refractivity contribution >= 4 is 29.8 Å². The van der Waals surface area contributed by atoms with Crippen LogP contribution in [0.4, 0.5) is 4.79 Å². The van der Waals surface area contributed by atoms with Gasteiger partial charge in [-0.15, -0.1) is 0 Å². The lowest BCUT2D eigenvalue weighted by atomic mass is 9.87. The van der Waals surface area contributed by atoms with Crippen molar-refractivity contribution in [1.29, 1.82) is 10.8 Å². The highest BCUT2D eigenvalue weighted by Crippen LogP contribution is 2.39. The summed E-state index contributed by atoms with van der Waals surface area (Å²) in [6.45, 7) is 1.12. The van der Waals surface area contributed by atoms with Gasteiger partial charge in [-0.2, -0.15) is 0 Å². The highest BCUT2D eigenvalue weighted by molar-refractivity contribution is 6.02. The van der Waals surface area contributed by atoms with Crippen LogP contribution in [0.25, 0.3) is 0 Å². The first-order valence-corrected chi connectivity index (χ1v) is 13.1. The first-order chi connectivity index (χ1) is 18.3. The number of amides is 3. The van der Waals surface area contributed by atoms with Crippen molar-refractivity contribution in [2.75, 3.05) is 26.2 Å². The summed E-state index contributed by atoms with van der Waals surface area (Å²) < 4.78 is 5.84. The Morgan fingerprint density at radius 2 is 1.84 bits per heavy atom. The zero-order valence-corrected chi connectivity index (χ0v) is 20.9. The quantitative estimate of drug-likeness (QED) is 0.278. The van der Waals surface area contributed by atoms with Crippen LogP contribution in [0.1, 0.15) is 37.2 Å². The summed E-state index contributed by atoms with van der Waals surface area (Å²) in [4.78, 5) is 42.1. The third kappa shape index (κ3) is 3.83. The Morgan fingerprint density at radius 1 is 1.11 bits per heavy atom. The summed E-state index contributed by atoms with van der Waals surface area (Å²) in [6.07, 6.45) is -0.652. The third-order valence-electron chi connectivity index (χ3n) is 8.44. The van der Waals surface area contributed by atoms with E-state index in [4.69, 9.17) is 15.6 Å². The predicted octanol–water partition coefficient (Wildman–Crippen LogP) is -0.704. The number of hydrogen-bond acceptors (Lipinski definition) is 7. The molecule has 6 rings (SSSR count). The molecule has 1 aromatic rings. The maximum Gasteiger partial charge on any atom is 0.410 e. The van der Waals surface area contributed by atoms with E-state index in [1.807, 2.05) is 18.2 Å². The lowest BCUT2D eigenvalue weighted by molar-refractivity contribution is -0.139. The van der Waals surface area contributed by atoms with Crippen LogP contribution >= 0.6 is 0 Å². The third-order valence-corrected chi connectivity index (χ3v) is 8.44. The van der Waals surface area contributed by atoms with Crippen molar-refractivity contribution in [3.05, 3.63) is 35.9 Å². The van der Waals surface area contributed by atoms with E-state index in [0.717, 1.165) is 17.7 Å². The Labute approximate surface area is 219 Å². The number of likely N-dealkylation sites (tertiary alicyclic amines) is 2. The monoisotopic (exact) mass is 524 g/mol. The molecule has 0 saturated carbocycles. The topological polar surface area (TPSA) is 174 Å². The number of imide groups is 1. The van der Waals surface area contributed by atoms with Crippen LogP contribution < -0.4 is 16.0 Å². The molecule has 1 aromatic carbocycles. The number of nitrogens with one attached hydrogen (secondary N) is 5. The van der Waals surface area contributed by atoms with Gasteiger partial charge >= 0.3 is 6.09 Å². The number of aliphatic hydroxyl groups is 1. The lowest BCUT2D eigenvalue weighted by Gasteiger charge is -2.49. The number of nitrogens with zero attached hydrogens (tertiary/aromatic N) is 3. The molecular weight excluding hydrogens is 492 g/mol. The summed E-state index contributed by atoms with van der Waals surface area (Å²) in [5, 5.41) is 37.4. The van der Waals surface area contributed by atoms with Gasteiger partial charge in [0.25, 0.3) is 0 Å². The number of rotatable bonds is 4. The average Bonchev–Trinajstić information content (AvgIpc) is 3.53. The minimum absolute atomic E-state index is 0.00586. The van der Waals surface area contributed by atoms with E-state index in [-0.39, 0.29) is 55.6 Å². The Kier molecular flexibility index (Phi) is 5.89. The maximum atomic E-state index is 13.2.